The molecule has 0 saturated heterocycles. The lowest BCUT2D eigenvalue weighted by Gasteiger charge is -2.10. The van der Waals surface area contributed by atoms with Crippen LogP contribution in [-0.4, -0.2) is 5.97 Å². The molecule has 0 spiro atoms. The third kappa shape index (κ3) is 3.63. The number of rotatable bonds is 3. The molecule has 1 N–H and O–H groups in total. The number of hydrogen-bond acceptors (Lipinski definition) is 3. The maximum atomic E-state index is 10.8. The third-order valence-electron chi connectivity index (χ3n) is 2.35. The first-order valence-corrected chi connectivity index (χ1v) is 6.31. The monoisotopic (exact) mass is 295 g/mol. The van der Waals surface area contributed by atoms with E-state index in [9.17, 15) is 4.79 Å². The Balaban J connectivity index is 2.18. The predicted molar refractivity (Wildman–Crippen MR) is 77.5 cm³/mol. The van der Waals surface area contributed by atoms with Gasteiger partial charge in [0.2, 0.25) is 0 Å². The van der Waals surface area contributed by atoms with Gasteiger partial charge in [-0.3, -0.25) is 4.79 Å². The smallest absolute Gasteiger partial charge is 0.308 e. The molecule has 0 aliphatic heterocycles. The van der Waals surface area contributed by atoms with Crippen LogP contribution < -0.4 is 10.1 Å². The van der Waals surface area contributed by atoms with Crippen LogP contribution in [0.4, 0.5) is 11.4 Å². The lowest BCUT2D eigenvalue weighted by molar-refractivity contribution is -0.131. The van der Waals surface area contributed by atoms with Crippen LogP contribution in [0.2, 0.25) is 10.0 Å². The number of para-hydroxylation sites is 1. The zero-order valence-electron chi connectivity index (χ0n) is 10.1. The van der Waals surface area contributed by atoms with Crippen LogP contribution in [0.15, 0.2) is 42.5 Å². The van der Waals surface area contributed by atoms with Crippen LogP contribution in [0, 0.1) is 0 Å². The van der Waals surface area contributed by atoms with E-state index in [1.165, 1.54) is 6.92 Å². The van der Waals surface area contributed by atoms with Crippen molar-refractivity contribution in [2.45, 2.75) is 6.92 Å². The number of ether oxygens (including phenoxy) is 1. The largest absolute Gasteiger partial charge is 0.427 e. The van der Waals surface area contributed by atoms with Gasteiger partial charge in [-0.2, -0.15) is 0 Å². The molecule has 2 rings (SSSR count). The molecular weight excluding hydrogens is 285 g/mol. The maximum Gasteiger partial charge on any atom is 0.308 e. The molecule has 0 aromatic heterocycles. The van der Waals surface area contributed by atoms with Crippen molar-refractivity contribution in [3.8, 4) is 5.75 Å². The molecule has 0 amide bonds. The van der Waals surface area contributed by atoms with E-state index in [4.69, 9.17) is 27.9 Å². The Kier molecular flexibility index (Phi) is 4.30. The van der Waals surface area contributed by atoms with Gasteiger partial charge in [0.05, 0.1) is 15.7 Å². The van der Waals surface area contributed by atoms with E-state index >= 15 is 0 Å². The second-order valence-electron chi connectivity index (χ2n) is 3.84. The summed E-state index contributed by atoms with van der Waals surface area (Å²) in [7, 11) is 0. The molecule has 0 unspecified atom stereocenters. The fourth-order valence-corrected chi connectivity index (χ4v) is 2.03. The van der Waals surface area contributed by atoms with Crippen LogP contribution in [0.3, 0.4) is 0 Å². The minimum absolute atomic E-state index is 0.352. The van der Waals surface area contributed by atoms with Gasteiger partial charge in [0, 0.05) is 12.6 Å². The second-order valence-corrected chi connectivity index (χ2v) is 4.65. The quantitative estimate of drug-likeness (QED) is 0.661. The highest BCUT2D eigenvalue weighted by Crippen LogP contribution is 2.32. The highest BCUT2D eigenvalue weighted by molar-refractivity contribution is 6.39. The fourth-order valence-electron chi connectivity index (χ4n) is 1.53. The number of anilines is 2. The van der Waals surface area contributed by atoms with Gasteiger partial charge >= 0.3 is 5.97 Å². The van der Waals surface area contributed by atoms with Gasteiger partial charge in [0.1, 0.15) is 5.75 Å². The summed E-state index contributed by atoms with van der Waals surface area (Å²) in [4.78, 5) is 10.8. The Morgan fingerprint density at radius 3 is 2.16 bits per heavy atom. The van der Waals surface area contributed by atoms with Crippen LogP contribution >= 0.6 is 23.2 Å². The number of nitrogens with one attached hydrogen (secondary N) is 1. The normalized spacial score (nSPS) is 10.1. The summed E-state index contributed by atoms with van der Waals surface area (Å²) >= 11 is 12.1. The van der Waals surface area contributed by atoms with Crippen molar-refractivity contribution < 1.29 is 9.53 Å². The minimum Gasteiger partial charge on any atom is -0.427 e. The molecule has 0 aliphatic carbocycles. The number of carbonyl (C=O) groups is 1. The van der Waals surface area contributed by atoms with Crippen LogP contribution in [0.1, 0.15) is 6.92 Å². The molecule has 2 aromatic rings. The molecule has 0 radical (unpaired) electrons. The van der Waals surface area contributed by atoms with E-state index in [2.05, 4.69) is 5.32 Å². The van der Waals surface area contributed by atoms with Gasteiger partial charge in [-0.1, -0.05) is 29.3 Å². The summed E-state index contributed by atoms with van der Waals surface area (Å²) in [5.41, 5.74) is 1.44. The average Bonchev–Trinajstić information content (AvgIpc) is 2.35. The first kappa shape index (κ1) is 13.7. The molecular formula is C14H11Cl2NO2. The SMILES string of the molecule is CC(=O)Oc1ccc(Nc2c(Cl)cccc2Cl)cc1. The Morgan fingerprint density at radius 1 is 1.05 bits per heavy atom. The van der Waals surface area contributed by atoms with E-state index in [0.29, 0.717) is 21.5 Å². The molecule has 0 heterocycles. The fraction of sp³-hybridized carbons (Fsp3) is 0.0714. The van der Waals surface area contributed by atoms with Crippen molar-refractivity contribution >= 4 is 40.5 Å². The lowest BCUT2D eigenvalue weighted by Crippen LogP contribution is -2.01. The van der Waals surface area contributed by atoms with Gasteiger partial charge in [-0.15, -0.1) is 0 Å². The number of esters is 1. The van der Waals surface area contributed by atoms with Crippen molar-refractivity contribution in [3.63, 3.8) is 0 Å². The van der Waals surface area contributed by atoms with Gasteiger partial charge < -0.3 is 10.1 Å². The van der Waals surface area contributed by atoms with Gasteiger partial charge in [0.15, 0.2) is 0 Å². The second kappa shape index (κ2) is 5.95. The summed E-state index contributed by atoms with van der Waals surface area (Å²) in [6.07, 6.45) is 0. The van der Waals surface area contributed by atoms with E-state index in [-0.39, 0.29) is 5.97 Å². The first-order valence-electron chi connectivity index (χ1n) is 5.56. The highest BCUT2D eigenvalue weighted by atomic mass is 35.5. The van der Waals surface area contributed by atoms with E-state index < -0.39 is 0 Å². The average molecular weight is 296 g/mol. The molecule has 3 nitrogen and oxygen atoms in total. The summed E-state index contributed by atoms with van der Waals surface area (Å²) in [6, 6.07) is 12.2. The third-order valence-corrected chi connectivity index (χ3v) is 2.98. The molecule has 0 bridgehead atoms. The predicted octanol–water partition coefficient (Wildman–Crippen LogP) is 4.66. The first-order chi connectivity index (χ1) is 9.06. The van der Waals surface area contributed by atoms with Crippen molar-refractivity contribution in [3.05, 3.63) is 52.5 Å². The molecule has 5 heteroatoms. The summed E-state index contributed by atoms with van der Waals surface area (Å²) in [5, 5.41) is 4.19. The Bertz CT molecular complexity index is 577. The van der Waals surface area contributed by atoms with Crippen LogP contribution in [0.25, 0.3) is 0 Å². The van der Waals surface area contributed by atoms with E-state index in [1.54, 1.807) is 42.5 Å². The zero-order chi connectivity index (χ0) is 13.8. The van der Waals surface area contributed by atoms with Crippen molar-refractivity contribution in [1.82, 2.24) is 0 Å². The van der Waals surface area contributed by atoms with Crippen molar-refractivity contribution in [2.75, 3.05) is 5.32 Å². The molecule has 0 fully saturated rings. The van der Waals surface area contributed by atoms with E-state index in [0.717, 1.165) is 5.69 Å². The number of benzene rings is 2. The van der Waals surface area contributed by atoms with Crippen LogP contribution in [-0.2, 0) is 4.79 Å². The minimum atomic E-state index is -0.352. The van der Waals surface area contributed by atoms with Gasteiger partial charge in [-0.05, 0) is 36.4 Å². The molecule has 19 heavy (non-hydrogen) atoms. The zero-order valence-corrected chi connectivity index (χ0v) is 11.6. The lowest BCUT2D eigenvalue weighted by atomic mass is 10.2. The Labute approximate surface area is 121 Å². The number of halogens is 2. The molecule has 98 valence electrons. The topological polar surface area (TPSA) is 38.3 Å². The maximum absolute atomic E-state index is 10.8. The molecule has 2 aromatic carbocycles. The van der Waals surface area contributed by atoms with Gasteiger partial charge in [0.25, 0.3) is 0 Å². The molecule has 0 atom stereocenters. The summed E-state index contributed by atoms with van der Waals surface area (Å²) in [5.74, 6) is 0.137. The summed E-state index contributed by atoms with van der Waals surface area (Å²) < 4.78 is 4.95. The van der Waals surface area contributed by atoms with E-state index in [1.807, 2.05) is 0 Å². The number of hydrogen-bond donors (Lipinski definition) is 1. The van der Waals surface area contributed by atoms with Crippen LogP contribution in [0.5, 0.6) is 5.75 Å². The highest BCUT2D eigenvalue weighted by Gasteiger charge is 2.05. The Morgan fingerprint density at radius 2 is 1.63 bits per heavy atom. The van der Waals surface area contributed by atoms with Crippen molar-refractivity contribution in [2.24, 2.45) is 0 Å². The number of carbonyl (C=O) groups excluding carboxylic acids is 1. The summed E-state index contributed by atoms with van der Waals surface area (Å²) in [6.45, 7) is 1.36. The van der Waals surface area contributed by atoms with Gasteiger partial charge in [-0.25, -0.2) is 0 Å². The molecule has 0 saturated carbocycles. The Hall–Kier alpha value is -1.71. The standard InChI is InChI=1S/C14H11Cl2NO2/c1-9(18)19-11-7-5-10(6-8-11)17-14-12(15)3-2-4-13(14)16/h2-8,17H,1H3. The molecule has 0 aliphatic rings. The van der Waals surface area contributed by atoms with Crippen molar-refractivity contribution in [1.29, 1.82) is 0 Å².